The average Bonchev–Trinajstić information content (AvgIpc) is 2.81. The molecule has 1 amide bonds. The van der Waals surface area contributed by atoms with Crippen molar-refractivity contribution < 1.29 is 22.4 Å². The van der Waals surface area contributed by atoms with E-state index in [0.717, 1.165) is 6.07 Å². The molecule has 1 fully saturated rings. The highest BCUT2D eigenvalue weighted by Gasteiger charge is 2.37. The molecule has 0 atom stereocenters. The summed E-state index contributed by atoms with van der Waals surface area (Å²) in [5.41, 5.74) is 0.700. The van der Waals surface area contributed by atoms with Gasteiger partial charge in [0.1, 0.15) is 11.5 Å². The van der Waals surface area contributed by atoms with Gasteiger partial charge in [0, 0.05) is 49.0 Å². The number of carbonyl (C=O) groups is 1. The molecule has 0 unspecified atom stereocenters. The van der Waals surface area contributed by atoms with Gasteiger partial charge in [0.2, 0.25) is 5.92 Å². The van der Waals surface area contributed by atoms with E-state index in [1.807, 2.05) is 13.8 Å². The molecule has 6 nitrogen and oxygen atoms in total. The molecule has 3 aromatic rings. The number of carbonyl (C=O) groups excluding carboxylic acids is 1. The third-order valence-corrected chi connectivity index (χ3v) is 5.87. The van der Waals surface area contributed by atoms with Crippen molar-refractivity contribution in [3.05, 3.63) is 65.7 Å². The van der Waals surface area contributed by atoms with Gasteiger partial charge in [-0.05, 0) is 51.0 Å². The molecule has 4 rings (SSSR count). The topological polar surface area (TPSA) is 79.8 Å². The Labute approximate surface area is 200 Å². The quantitative estimate of drug-likeness (QED) is 0.406. The first kappa shape index (κ1) is 24.6. The molecule has 1 saturated carbocycles. The molecule has 35 heavy (non-hydrogen) atoms. The third-order valence-electron chi connectivity index (χ3n) is 5.87. The Morgan fingerprint density at radius 2 is 1.80 bits per heavy atom. The van der Waals surface area contributed by atoms with Crippen molar-refractivity contribution in [1.82, 2.24) is 15.0 Å². The van der Waals surface area contributed by atoms with Crippen LogP contribution in [0.4, 0.5) is 29.1 Å². The van der Waals surface area contributed by atoms with Crippen LogP contribution in [-0.2, 0) is 0 Å². The molecule has 3 heterocycles. The molecule has 0 spiro atoms. The summed E-state index contributed by atoms with van der Waals surface area (Å²) in [7, 11) is 0. The number of nitrogens with zero attached hydrogens (tertiary/aromatic N) is 3. The fraction of sp³-hybridized carbons (Fsp3) is 0.360. The average molecular weight is 488 g/mol. The van der Waals surface area contributed by atoms with Gasteiger partial charge in [0.15, 0.2) is 11.6 Å². The standard InChI is InChI=1S/C25H25F4N5O/c1-14(2)33-23-19(27)12-16(13-32-23)24(35)34-22-17(21-18(26)4-3-10-30-21)7-11-31-20(22)15-5-8-25(28,29)9-6-15/h3-4,7,10-15H,5-6,8-9H2,1-2H3,(H,32,33)(H,34,35). The molecule has 10 heteroatoms. The first-order chi connectivity index (χ1) is 16.6. The van der Waals surface area contributed by atoms with Gasteiger partial charge in [-0.1, -0.05) is 0 Å². The van der Waals surface area contributed by atoms with Crippen molar-refractivity contribution >= 4 is 17.4 Å². The zero-order valence-corrected chi connectivity index (χ0v) is 19.3. The number of anilines is 2. The molecule has 184 valence electrons. The zero-order valence-electron chi connectivity index (χ0n) is 19.3. The van der Waals surface area contributed by atoms with E-state index in [1.54, 1.807) is 0 Å². The summed E-state index contributed by atoms with van der Waals surface area (Å²) in [6, 6.07) is 5.15. The lowest BCUT2D eigenvalue weighted by atomic mass is 9.83. The van der Waals surface area contributed by atoms with Crippen LogP contribution in [0.5, 0.6) is 0 Å². The maximum Gasteiger partial charge on any atom is 0.257 e. The lowest BCUT2D eigenvalue weighted by Gasteiger charge is -2.29. The highest BCUT2D eigenvalue weighted by molar-refractivity contribution is 6.06. The lowest BCUT2D eigenvalue weighted by Crippen LogP contribution is -2.25. The predicted octanol–water partition coefficient (Wildman–Crippen LogP) is 6.18. The first-order valence-electron chi connectivity index (χ1n) is 11.4. The second kappa shape index (κ2) is 9.97. The highest BCUT2D eigenvalue weighted by atomic mass is 19.3. The van der Waals surface area contributed by atoms with Crippen LogP contribution >= 0.6 is 0 Å². The molecule has 0 saturated heterocycles. The van der Waals surface area contributed by atoms with Gasteiger partial charge in [0.05, 0.1) is 16.9 Å². The van der Waals surface area contributed by atoms with E-state index >= 15 is 0 Å². The smallest absolute Gasteiger partial charge is 0.257 e. The Morgan fingerprint density at radius 1 is 1.06 bits per heavy atom. The van der Waals surface area contributed by atoms with Crippen molar-refractivity contribution in [2.24, 2.45) is 0 Å². The predicted molar refractivity (Wildman–Crippen MR) is 124 cm³/mol. The van der Waals surface area contributed by atoms with Gasteiger partial charge >= 0.3 is 0 Å². The van der Waals surface area contributed by atoms with Gasteiger partial charge in [0.25, 0.3) is 5.91 Å². The summed E-state index contributed by atoms with van der Waals surface area (Å²) in [5.74, 6) is -5.13. The van der Waals surface area contributed by atoms with Crippen LogP contribution in [-0.4, -0.2) is 32.8 Å². The van der Waals surface area contributed by atoms with Crippen LogP contribution in [0.1, 0.15) is 61.5 Å². The van der Waals surface area contributed by atoms with Gasteiger partial charge in [-0.25, -0.2) is 22.5 Å². The molecule has 0 radical (unpaired) electrons. The maximum atomic E-state index is 14.6. The SMILES string of the molecule is CC(C)Nc1ncc(C(=O)Nc2c(-c3ncccc3F)ccnc2C2CCC(F)(F)CC2)cc1F. The van der Waals surface area contributed by atoms with Crippen molar-refractivity contribution in [2.45, 2.75) is 57.4 Å². The number of nitrogens with one attached hydrogen (secondary N) is 2. The van der Waals surface area contributed by atoms with E-state index < -0.39 is 23.5 Å². The molecule has 2 N–H and O–H groups in total. The molecule has 0 bridgehead atoms. The van der Waals surface area contributed by atoms with Crippen molar-refractivity contribution in [3.8, 4) is 11.3 Å². The molecule has 3 aromatic heterocycles. The van der Waals surface area contributed by atoms with Crippen molar-refractivity contribution in [2.75, 3.05) is 10.6 Å². The van der Waals surface area contributed by atoms with Crippen LogP contribution in [0.3, 0.4) is 0 Å². The number of hydrogen-bond donors (Lipinski definition) is 2. The molecular formula is C25H25F4N5O. The minimum Gasteiger partial charge on any atom is -0.365 e. The Hall–Kier alpha value is -3.56. The van der Waals surface area contributed by atoms with Crippen molar-refractivity contribution in [1.29, 1.82) is 0 Å². The Morgan fingerprint density at radius 3 is 2.46 bits per heavy atom. The number of pyridine rings is 3. The van der Waals surface area contributed by atoms with Gasteiger partial charge in [-0.2, -0.15) is 0 Å². The molecule has 1 aliphatic rings. The number of hydrogen-bond acceptors (Lipinski definition) is 5. The lowest BCUT2D eigenvalue weighted by molar-refractivity contribution is -0.0384. The third kappa shape index (κ3) is 5.58. The Balaban J connectivity index is 1.72. The number of amides is 1. The van der Waals surface area contributed by atoms with E-state index in [2.05, 4.69) is 25.6 Å². The van der Waals surface area contributed by atoms with Crippen LogP contribution in [0.15, 0.2) is 42.9 Å². The highest BCUT2D eigenvalue weighted by Crippen LogP contribution is 2.44. The van der Waals surface area contributed by atoms with Crippen LogP contribution in [0.2, 0.25) is 0 Å². The molecule has 0 aliphatic heterocycles. The van der Waals surface area contributed by atoms with Gasteiger partial charge in [-0.15, -0.1) is 0 Å². The fourth-order valence-electron chi connectivity index (χ4n) is 4.14. The number of alkyl halides is 2. The number of halogens is 4. The summed E-state index contributed by atoms with van der Waals surface area (Å²) >= 11 is 0. The summed E-state index contributed by atoms with van der Waals surface area (Å²) in [5, 5.41) is 5.55. The summed E-state index contributed by atoms with van der Waals surface area (Å²) in [4.78, 5) is 25.6. The molecule has 1 aliphatic carbocycles. The number of rotatable bonds is 6. The van der Waals surface area contributed by atoms with E-state index in [-0.39, 0.29) is 66.0 Å². The van der Waals surface area contributed by atoms with E-state index in [4.69, 9.17) is 0 Å². The number of aromatic nitrogens is 3. The van der Waals surface area contributed by atoms with Crippen molar-refractivity contribution in [3.63, 3.8) is 0 Å². The molecular weight excluding hydrogens is 462 g/mol. The van der Waals surface area contributed by atoms with Crippen LogP contribution < -0.4 is 10.6 Å². The van der Waals surface area contributed by atoms with Gasteiger partial charge < -0.3 is 10.6 Å². The van der Waals surface area contributed by atoms with Gasteiger partial charge in [-0.3, -0.25) is 14.8 Å². The van der Waals surface area contributed by atoms with E-state index in [1.165, 1.54) is 36.8 Å². The fourth-order valence-corrected chi connectivity index (χ4v) is 4.14. The zero-order chi connectivity index (χ0) is 25.2. The molecule has 0 aromatic carbocycles. The Kier molecular flexibility index (Phi) is 7.00. The minimum absolute atomic E-state index is 0.0120. The second-order valence-corrected chi connectivity index (χ2v) is 8.89. The summed E-state index contributed by atoms with van der Waals surface area (Å²) in [6.07, 6.45) is 3.76. The normalized spacial score (nSPS) is 15.7. The van der Waals surface area contributed by atoms with E-state index in [9.17, 15) is 22.4 Å². The maximum absolute atomic E-state index is 14.6. The Bertz CT molecular complexity index is 1220. The second-order valence-electron chi connectivity index (χ2n) is 8.89. The minimum atomic E-state index is -2.75. The monoisotopic (exact) mass is 487 g/mol. The summed E-state index contributed by atoms with van der Waals surface area (Å²) in [6.45, 7) is 3.65. The van der Waals surface area contributed by atoms with E-state index in [0.29, 0.717) is 5.69 Å². The van der Waals surface area contributed by atoms with Crippen LogP contribution in [0.25, 0.3) is 11.3 Å². The largest absolute Gasteiger partial charge is 0.365 e. The summed E-state index contributed by atoms with van der Waals surface area (Å²) < 4.78 is 56.7. The van der Waals surface area contributed by atoms with Crippen LogP contribution in [0, 0.1) is 11.6 Å². The first-order valence-corrected chi connectivity index (χ1v) is 11.4.